The fourth-order valence-electron chi connectivity index (χ4n) is 7.30. The Morgan fingerprint density at radius 2 is 2.00 bits per heavy atom. The van der Waals surface area contributed by atoms with E-state index in [1.165, 1.54) is 11.1 Å². The van der Waals surface area contributed by atoms with E-state index < -0.39 is 39.7 Å². The van der Waals surface area contributed by atoms with E-state index in [1.807, 2.05) is 12.1 Å². The molecule has 2 aliphatic carbocycles. The number of fused-ring (bicyclic) bond motifs is 4. The standard InChI is InChI=1S/C32H37ClN2O7S/c33-23-9-11-26-20(14-23)4-3-13-32(26)18-35-17-22-7-10-25(22)28(36)6-2-1-5-24(16-30(37)38)43(40,41)34-31(39)21-8-12-29(42-19-32)27(35)15-21/h2,6,8-9,11-12,14-15,22,24-25,28,36H,1,3-5,7,10,13,16-19H2,(H,34,39)(H,37,38)/b6-2+/t22-,24-,25+,28-,32-/m0/s1. The van der Waals surface area contributed by atoms with E-state index in [-0.39, 0.29) is 35.7 Å². The summed E-state index contributed by atoms with van der Waals surface area (Å²) in [5.41, 5.74) is 2.96. The Kier molecular flexibility index (Phi) is 8.21. The predicted octanol–water partition coefficient (Wildman–Crippen LogP) is 4.45. The number of hydrogen-bond acceptors (Lipinski definition) is 7. The number of hydrogen-bond donors (Lipinski definition) is 3. The fraction of sp³-hybridized carbons (Fsp3) is 0.500. The second-order valence-corrected chi connectivity index (χ2v) is 14.9. The summed E-state index contributed by atoms with van der Waals surface area (Å²) in [7, 11) is -4.30. The molecule has 4 aliphatic rings. The molecule has 2 bridgehead atoms. The van der Waals surface area contributed by atoms with Gasteiger partial charge in [0, 0.05) is 29.1 Å². The summed E-state index contributed by atoms with van der Waals surface area (Å²) in [6, 6.07) is 11.0. The maximum absolute atomic E-state index is 13.3. The first-order valence-corrected chi connectivity index (χ1v) is 16.9. The van der Waals surface area contributed by atoms with Gasteiger partial charge in [-0.1, -0.05) is 29.8 Å². The summed E-state index contributed by atoms with van der Waals surface area (Å²) < 4.78 is 35.0. The van der Waals surface area contributed by atoms with Crippen LogP contribution in [-0.2, 0) is 26.7 Å². The average Bonchev–Trinajstić information content (AvgIpc) is 3.08. The molecule has 0 aromatic heterocycles. The number of aryl methyl sites for hydroxylation is 1. The van der Waals surface area contributed by atoms with Crippen LogP contribution in [0.25, 0.3) is 0 Å². The molecule has 1 spiro atoms. The number of benzene rings is 2. The van der Waals surface area contributed by atoms with Crippen molar-refractivity contribution < 1.29 is 33.0 Å². The molecule has 2 aromatic rings. The topological polar surface area (TPSA) is 133 Å². The average molecular weight is 629 g/mol. The zero-order valence-electron chi connectivity index (χ0n) is 23.9. The van der Waals surface area contributed by atoms with Crippen LogP contribution in [0.3, 0.4) is 0 Å². The molecule has 43 heavy (non-hydrogen) atoms. The molecule has 230 valence electrons. The van der Waals surface area contributed by atoms with E-state index >= 15 is 0 Å². The number of rotatable bonds is 2. The highest BCUT2D eigenvalue weighted by Gasteiger charge is 2.44. The van der Waals surface area contributed by atoms with Gasteiger partial charge in [0.1, 0.15) is 5.75 Å². The van der Waals surface area contributed by atoms with Crippen LogP contribution in [0, 0.1) is 11.8 Å². The molecule has 1 fully saturated rings. The third-order valence-corrected chi connectivity index (χ3v) is 11.7. The number of ether oxygens (including phenoxy) is 1. The smallest absolute Gasteiger partial charge is 0.304 e. The van der Waals surface area contributed by atoms with Crippen LogP contribution in [0.2, 0.25) is 5.02 Å². The number of amides is 1. The number of sulfonamides is 1. The molecule has 2 aliphatic heterocycles. The Morgan fingerprint density at radius 1 is 1.16 bits per heavy atom. The number of aliphatic carboxylic acids is 1. The SMILES string of the molecule is O=C(O)C[C@@H]1CC/C=C/[C@H](O)[C@@H]2CC[C@H]2CN2C[C@@]3(CCCc4cc(Cl)ccc43)COc3ccc(cc32)C(=O)NS1(=O)=O. The number of nitrogens with zero attached hydrogens (tertiary/aromatic N) is 1. The highest BCUT2D eigenvalue weighted by Crippen LogP contribution is 2.46. The molecule has 2 heterocycles. The molecular weight excluding hydrogens is 592 g/mol. The van der Waals surface area contributed by atoms with Crippen LogP contribution in [0.15, 0.2) is 48.6 Å². The number of carbonyl (C=O) groups is 2. The van der Waals surface area contributed by atoms with Gasteiger partial charge >= 0.3 is 5.97 Å². The summed E-state index contributed by atoms with van der Waals surface area (Å²) in [5, 5.41) is 19.8. The van der Waals surface area contributed by atoms with Gasteiger partial charge in [-0.2, -0.15) is 0 Å². The van der Waals surface area contributed by atoms with Gasteiger partial charge in [-0.3, -0.25) is 9.59 Å². The number of carbonyl (C=O) groups excluding carboxylic acids is 1. The third kappa shape index (κ3) is 6.01. The molecule has 5 atom stereocenters. The van der Waals surface area contributed by atoms with Crippen LogP contribution in [0.1, 0.15) is 66.4 Å². The van der Waals surface area contributed by atoms with Gasteiger partial charge < -0.3 is 19.8 Å². The van der Waals surface area contributed by atoms with E-state index in [9.17, 15) is 28.2 Å². The first kappa shape index (κ1) is 30.0. The zero-order valence-corrected chi connectivity index (χ0v) is 25.4. The molecule has 3 N–H and O–H groups in total. The number of allylic oxidation sites excluding steroid dienone is 1. The number of aliphatic hydroxyl groups is 1. The summed E-state index contributed by atoms with van der Waals surface area (Å²) >= 11 is 6.37. The van der Waals surface area contributed by atoms with Gasteiger partial charge in [-0.15, -0.1) is 0 Å². The minimum absolute atomic E-state index is 0.00675. The van der Waals surface area contributed by atoms with Crippen molar-refractivity contribution in [2.75, 3.05) is 24.6 Å². The Balaban J connectivity index is 1.41. The van der Waals surface area contributed by atoms with Crippen molar-refractivity contribution in [3.63, 3.8) is 0 Å². The zero-order chi connectivity index (χ0) is 30.4. The Hall–Kier alpha value is -3.08. The second kappa shape index (κ2) is 11.8. The highest BCUT2D eigenvalue weighted by atomic mass is 35.5. The van der Waals surface area contributed by atoms with Crippen LogP contribution in [-0.4, -0.2) is 61.6 Å². The highest BCUT2D eigenvalue weighted by molar-refractivity contribution is 7.90. The molecule has 0 radical (unpaired) electrons. The van der Waals surface area contributed by atoms with Crippen molar-refractivity contribution in [3.8, 4) is 5.75 Å². The van der Waals surface area contributed by atoms with E-state index in [0.717, 1.165) is 32.1 Å². The van der Waals surface area contributed by atoms with Gasteiger partial charge in [-0.25, -0.2) is 13.1 Å². The maximum Gasteiger partial charge on any atom is 0.304 e. The molecule has 1 saturated carbocycles. The number of carboxylic acid groups (broad SMARTS) is 1. The van der Waals surface area contributed by atoms with E-state index in [4.69, 9.17) is 16.3 Å². The van der Waals surface area contributed by atoms with Crippen molar-refractivity contribution in [1.82, 2.24) is 4.72 Å². The van der Waals surface area contributed by atoms with Gasteiger partial charge in [0.15, 0.2) is 0 Å². The van der Waals surface area contributed by atoms with Crippen LogP contribution >= 0.6 is 11.6 Å². The first-order valence-electron chi connectivity index (χ1n) is 15.0. The van der Waals surface area contributed by atoms with Gasteiger partial charge in [0.25, 0.3) is 5.91 Å². The molecule has 1 amide bonds. The van der Waals surface area contributed by atoms with Crippen molar-refractivity contribution in [1.29, 1.82) is 0 Å². The largest absolute Gasteiger partial charge is 0.490 e. The summed E-state index contributed by atoms with van der Waals surface area (Å²) in [4.78, 5) is 27.1. The lowest BCUT2D eigenvalue weighted by atomic mass is 9.68. The molecule has 0 saturated heterocycles. The normalized spacial score (nSPS) is 30.9. The Bertz CT molecular complexity index is 1560. The number of anilines is 1. The van der Waals surface area contributed by atoms with Crippen molar-refractivity contribution >= 4 is 39.2 Å². The first-order chi connectivity index (χ1) is 20.5. The minimum atomic E-state index is -4.30. The summed E-state index contributed by atoms with van der Waals surface area (Å²) in [5.74, 6) is -1.22. The van der Waals surface area contributed by atoms with Gasteiger partial charge in [-0.05, 0) is 98.2 Å². The third-order valence-electron chi connectivity index (χ3n) is 9.73. The molecule has 2 aromatic carbocycles. The van der Waals surface area contributed by atoms with Crippen molar-refractivity contribution in [3.05, 3.63) is 70.3 Å². The number of halogens is 1. The Morgan fingerprint density at radius 3 is 2.77 bits per heavy atom. The molecule has 9 nitrogen and oxygen atoms in total. The minimum Gasteiger partial charge on any atom is -0.490 e. The van der Waals surface area contributed by atoms with E-state index in [0.29, 0.717) is 36.2 Å². The quantitative estimate of drug-likeness (QED) is 0.416. The number of nitrogens with one attached hydrogen (secondary N) is 1. The second-order valence-electron chi connectivity index (χ2n) is 12.5. The lowest BCUT2D eigenvalue weighted by Crippen LogP contribution is -2.49. The monoisotopic (exact) mass is 628 g/mol. The van der Waals surface area contributed by atoms with Crippen molar-refractivity contribution in [2.45, 2.75) is 68.1 Å². The fourth-order valence-corrected chi connectivity index (χ4v) is 8.85. The lowest BCUT2D eigenvalue weighted by Gasteiger charge is -2.45. The summed E-state index contributed by atoms with van der Waals surface area (Å²) in [6.45, 7) is 1.73. The maximum atomic E-state index is 13.3. The van der Waals surface area contributed by atoms with Crippen molar-refractivity contribution in [2.24, 2.45) is 11.8 Å². The van der Waals surface area contributed by atoms with E-state index in [1.54, 1.807) is 30.4 Å². The lowest BCUT2D eigenvalue weighted by molar-refractivity contribution is -0.137. The predicted molar refractivity (Wildman–Crippen MR) is 163 cm³/mol. The van der Waals surface area contributed by atoms with Crippen LogP contribution in [0.5, 0.6) is 5.75 Å². The molecular formula is C32H37ClN2O7S. The number of aliphatic hydroxyl groups excluding tert-OH is 1. The van der Waals surface area contributed by atoms with Gasteiger partial charge in [0.05, 0.1) is 30.1 Å². The Labute approximate surface area is 256 Å². The molecule has 0 unspecified atom stereocenters. The van der Waals surface area contributed by atoms with E-state index in [2.05, 4.69) is 15.7 Å². The van der Waals surface area contributed by atoms with Crippen LogP contribution in [0.4, 0.5) is 5.69 Å². The number of carboxylic acids is 1. The molecule has 6 rings (SSSR count). The van der Waals surface area contributed by atoms with Crippen LogP contribution < -0.4 is 14.4 Å². The molecule has 11 heteroatoms. The summed E-state index contributed by atoms with van der Waals surface area (Å²) in [6.07, 6.45) is 7.04. The van der Waals surface area contributed by atoms with Gasteiger partial charge in [0.2, 0.25) is 10.0 Å².